The van der Waals surface area contributed by atoms with E-state index in [2.05, 4.69) is 15.3 Å². The minimum Gasteiger partial charge on any atom is -0.444 e. The van der Waals surface area contributed by atoms with Crippen molar-refractivity contribution in [3.63, 3.8) is 0 Å². The van der Waals surface area contributed by atoms with Crippen molar-refractivity contribution in [3.05, 3.63) is 12.4 Å². The molecule has 3 rings (SSSR count). The Morgan fingerprint density at radius 2 is 1.72 bits per heavy atom. The Kier molecular flexibility index (Phi) is 7.96. The molecule has 0 spiro atoms. The molecule has 0 aliphatic carbocycles. The molecule has 0 saturated carbocycles. The molecule has 2 fully saturated rings. The van der Waals surface area contributed by atoms with E-state index in [0.717, 1.165) is 11.9 Å². The van der Waals surface area contributed by atoms with Crippen LogP contribution in [0.2, 0.25) is 0 Å². The zero-order valence-corrected chi connectivity index (χ0v) is 23.4. The molecule has 2 amide bonds. The second-order valence-electron chi connectivity index (χ2n) is 12.1. The van der Waals surface area contributed by atoms with E-state index in [1.165, 1.54) is 0 Å². The highest BCUT2D eigenvalue weighted by atomic mass is 16.7. The van der Waals surface area contributed by atoms with Crippen molar-refractivity contribution >= 4 is 30.5 Å². The fraction of sp³-hybridized carbons (Fsp3) is 0.760. The van der Waals surface area contributed by atoms with Crippen LogP contribution in [-0.4, -0.2) is 83.0 Å². The monoisotopic (exact) mass is 503 g/mol. The van der Waals surface area contributed by atoms with Crippen LogP contribution in [0, 0.1) is 5.92 Å². The topological polar surface area (TPSA) is 106 Å². The Labute approximate surface area is 215 Å². The summed E-state index contributed by atoms with van der Waals surface area (Å²) < 4.78 is 17.5. The maximum absolute atomic E-state index is 13.3. The number of nitrogens with zero attached hydrogens (tertiary/aromatic N) is 4. The molecule has 1 aromatic heterocycles. The Morgan fingerprint density at radius 1 is 1.17 bits per heavy atom. The number of amides is 2. The predicted molar refractivity (Wildman–Crippen MR) is 139 cm³/mol. The fourth-order valence-corrected chi connectivity index (χ4v) is 4.18. The summed E-state index contributed by atoms with van der Waals surface area (Å²) in [7, 11) is 1.42. The van der Waals surface area contributed by atoms with Crippen LogP contribution in [0.1, 0.15) is 68.7 Å². The fourth-order valence-electron chi connectivity index (χ4n) is 4.18. The summed E-state index contributed by atoms with van der Waals surface area (Å²) in [6, 6.07) is -0.592. The SMILES string of the molecule is CC(C)[C@H](NC(=O)OC(C)(C)C)C(=O)N1CC[C@@H](N(C)c2ncc(B3OC(C)(C)C(C)(C)O3)cn2)C1. The van der Waals surface area contributed by atoms with E-state index in [1.54, 1.807) is 38.1 Å². The van der Waals surface area contributed by atoms with Crippen molar-refractivity contribution in [2.45, 2.75) is 97.6 Å². The largest absolute Gasteiger partial charge is 0.498 e. The number of carbonyl (C=O) groups excluding carboxylic acids is 2. The Balaban J connectivity index is 1.61. The summed E-state index contributed by atoms with van der Waals surface area (Å²) in [6.45, 7) is 18.4. The van der Waals surface area contributed by atoms with E-state index < -0.39 is 36.1 Å². The zero-order chi connectivity index (χ0) is 27.1. The molecule has 0 radical (unpaired) electrons. The number of hydrogen-bond donors (Lipinski definition) is 1. The van der Waals surface area contributed by atoms with Crippen LogP contribution in [0.15, 0.2) is 12.4 Å². The lowest BCUT2D eigenvalue weighted by Gasteiger charge is -2.32. The van der Waals surface area contributed by atoms with E-state index in [9.17, 15) is 9.59 Å². The molecular formula is C25H42BN5O5. The van der Waals surface area contributed by atoms with Crippen molar-refractivity contribution in [3.8, 4) is 0 Å². The maximum atomic E-state index is 13.3. The van der Waals surface area contributed by atoms with Gasteiger partial charge in [0.15, 0.2) is 0 Å². The molecule has 0 aromatic carbocycles. The van der Waals surface area contributed by atoms with Gasteiger partial charge < -0.3 is 29.2 Å². The number of aromatic nitrogens is 2. The van der Waals surface area contributed by atoms with Gasteiger partial charge in [0, 0.05) is 38.0 Å². The molecule has 36 heavy (non-hydrogen) atoms. The highest BCUT2D eigenvalue weighted by Gasteiger charge is 2.52. The van der Waals surface area contributed by atoms with E-state index in [4.69, 9.17) is 14.0 Å². The third-order valence-corrected chi connectivity index (χ3v) is 7.13. The molecule has 0 unspecified atom stereocenters. The lowest BCUT2D eigenvalue weighted by molar-refractivity contribution is -0.133. The van der Waals surface area contributed by atoms with Gasteiger partial charge in [-0.15, -0.1) is 0 Å². The Bertz CT molecular complexity index is 931. The normalized spacial score (nSPS) is 22.0. The number of ether oxygens (including phenoxy) is 1. The standard InChI is InChI=1S/C25H42BN5O5/c1-16(2)19(29-22(33)34-23(3,4)5)20(32)31-12-11-18(15-31)30(10)21-27-13-17(14-28-21)26-35-24(6,7)25(8,9)36-26/h13-14,16,18-19H,11-12,15H2,1-10H3,(H,29,33)/t18-,19+/m1/s1. The summed E-state index contributed by atoms with van der Waals surface area (Å²) in [5, 5.41) is 2.76. The number of nitrogens with one attached hydrogen (secondary N) is 1. The maximum Gasteiger partial charge on any atom is 0.498 e. The first kappa shape index (κ1) is 28.2. The molecule has 1 N–H and O–H groups in total. The number of likely N-dealkylation sites (tertiary alicyclic amines) is 1. The molecule has 2 saturated heterocycles. The Hall–Kier alpha value is -2.40. The number of hydrogen-bond acceptors (Lipinski definition) is 8. The molecule has 11 heteroatoms. The van der Waals surface area contributed by atoms with Crippen LogP contribution in [0.4, 0.5) is 10.7 Å². The first-order valence-corrected chi connectivity index (χ1v) is 12.7. The van der Waals surface area contributed by atoms with Crippen LogP contribution >= 0.6 is 0 Å². The zero-order valence-electron chi connectivity index (χ0n) is 23.4. The van der Waals surface area contributed by atoms with Gasteiger partial charge in [0.2, 0.25) is 11.9 Å². The molecular weight excluding hydrogens is 461 g/mol. The Morgan fingerprint density at radius 3 is 2.22 bits per heavy atom. The van der Waals surface area contributed by atoms with Crippen molar-refractivity contribution < 1.29 is 23.6 Å². The quantitative estimate of drug-likeness (QED) is 0.590. The average molecular weight is 503 g/mol. The molecule has 200 valence electrons. The van der Waals surface area contributed by atoms with Crippen molar-refractivity contribution in [2.24, 2.45) is 5.92 Å². The third-order valence-electron chi connectivity index (χ3n) is 7.13. The van der Waals surface area contributed by atoms with Crippen LogP contribution in [0.3, 0.4) is 0 Å². The number of anilines is 1. The first-order valence-electron chi connectivity index (χ1n) is 12.7. The summed E-state index contributed by atoms with van der Waals surface area (Å²) in [6.07, 6.45) is 3.66. The lowest BCUT2D eigenvalue weighted by Crippen LogP contribution is -2.52. The summed E-state index contributed by atoms with van der Waals surface area (Å²) in [5.74, 6) is 0.387. The highest BCUT2D eigenvalue weighted by molar-refractivity contribution is 6.61. The average Bonchev–Trinajstić information content (AvgIpc) is 3.32. The van der Waals surface area contributed by atoms with Crippen molar-refractivity contribution in [1.29, 1.82) is 0 Å². The molecule has 1 aromatic rings. The molecule has 3 heterocycles. The van der Waals surface area contributed by atoms with E-state index >= 15 is 0 Å². The van der Waals surface area contributed by atoms with Crippen molar-refractivity contribution in [1.82, 2.24) is 20.2 Å². The van der Waals surface area contributed by atoms with Crippen LogP contribution in [-0.2, 0) is 18.8 Å². The first-order chi connectivity index (χ1) is 16.5. The van der Waals surface area contributed by atoms with Gasteiger partial charge in [0.05, 0.1) is 17.2 Å². The van der Waals surface area contributed by atoms with Gasteiger partial charge >= 0.3 is 13.2 Å². The van der Waals surface area contributed by atoms with Gasteiger partial charge in [-0.2, -0.15) is 0 Å². The predicted octanol–water partition coefficient (Wildman–Crippen LogP) is 2.36. The van der Waals surface area contributed by atoms with Gasteiger partial charge in [-0.05, 0) is 60.8 Å². The number of carbonyl (C=O) groups is 2. The van der Waals surface area contributed by atoms with Crippen molar-refractivity contribution in [2.75, 3.05) is 25.0 Å². The minimum atomic E-state index is -0.653. The van der Waals surface area contributed by atoms with E-state index in [-0.39, 0.29) is 17.9 Å². The highest BCUT2D eigenvalue weighted by Crippen LogP contribution is 2.36. The molecule has 10 nitrogen and oxygen atoms in total. The molecule has 2 aliphatic rings. The van der Waals surface area contributed by atoms with E-state index in [0.29, 0.717) is 19.0 Å². The van der Waals surface area contributed by atoms with Crippen LogP contribution < -0.4 is 15.7 Å². The van der Waals surface area contributed by atoms with Gasteiger partial charge in [0.1, 0.15) is 11.6 Å². The summed E-state index contributed by atoms with van der Waals surface area (Å²) in [4.78, 5) is 38.4. The lowest BCUT2D eigenvalue weighted by atomic mass is 9.81. The molecule has 2 aliphatic heterocycles. The number of likely N-dealkylation sites (N-methyl/N-ethyl adjacent to an activating group) is 1. The van der Waals surface area contributed by atoms with Crippen LogP contribution in [0.5, 0.6) is 0 Å². The third kappa shape index (κ3) is 6.29. The summed E-state index contributed by atoms with van der Waals surface area (Å²) >= 11 is 0. The number of alkyl carbamates (subject to hydrolysis) is 1. The van der Waals surface area contributed by atoms with Gasteiger partial charge in [-0.1, -0.05) is 13.8 Å². The second kappa shape index (κ2) is 10.2. The molecule has 2 atom stereocenters. The van der Waals surface area contributed by atoms with Crippen LogP contribution in [0.25, 0.3) is 0 Å². The van der Waals surface area contributed by atoms with Gasteiger partial charge in [-0.25, -0.2) is 14.8 Å². The van der Waals surface area contributed by atoms with Gasteiger partial charge in [0.25, 0.3) is 0 Å². The van der Waals surface area contributed by atoms with E-state index in [1.807, 2.05) is 53.5 Å². The summed E-state index contributed by atoms with van der Waals surface area (Å²) in [5.41, 5.74) is -0.728. The van der Waals surface area contributed by atoms with Gasteiger partial charge in [-0.3, -0.25) is 4.79 Å². The molecule has 0 bridgehead atoms. The number of rotatable bonds is 6. The minimum absolute atomic E-state index is 0.0611. The smallest absolute Gasteiger partial charge is 0.444 e. The second-order valence-corrected chi connectivity index (χ2v) is 12.1.